The van der Waals surface area contributed by atoms with Gasteiger partial charge in [-0.25, -0.2) is 9.18 Å². The Hall–Kier alpha value is -3.68. The van der Waals surface area contributed by atoms with Crippen molar-refractivity contribution < 1.29 is 28.0 Å². The summed E-state index contributed by atoms with van der Waals surface area (Å²) < 4.78 is 28.4. The number of fused-ring (bicyclic) bond motifs is 1. The fourth-order valence-corrected chi connectivity index (χ4v) is 3.32. The quantitative estimate of drug-likeness (QED) is 0.473. The number of amides is 1. The van der Waals surface area contributed by atoms with Crippen molar-refractivity contribution in [3.05, 3.63) is 71.2 Å². The number of halogens is 1. The van der Waals surface area contributed by atoms with Crippen LogP contribution in [0.1, 0.15) is 28.5 Å². The molecule has 0 spiro atoms. The monoisotopic (exact) mass is 410 g/mol. The van der Waals surface area contributed by atoms with Gasteiger partial charge in [0.05, 0.1) is 13.2 Å². The molecule has 4 rings (SSSR count). The van der Waals surface area contributed by atoms with E-state index in [4.69, 9.17) is 14.0 Å². The van der Waals surface area contributed by atoms with E-state index in [0.29, 0.717) is 42.3 Å². The van der Waals surface area contributed by atoms with E-state index >= 15 is 0 Å². The van der Waals surface area contributed by atoms with Gasteiger partial charge in [-0.3, -0.25) is 4.79 Å². The van der Waals surface area contributed by atoms with Crippen LogP contribution in [0.5, 0.6) is 5.75 Å². The Kier molecular flexibility index (Phi) is 5.47. The molecular formula is C22H19FN2O5. The molecule has 7 nitrogen and oxygen atoms in total. The molecule has 154 valence electrons. The van der Waals surface area contributed by atoms with Gasteiger partial charge in [0, 0.05) is 23.2 Å². The molecule has 3 aromatic rings. The van der Waals surface area contributed by atoms with E-state index in [1.807, 2.05) is 0 Å². The summed E-state index contributed by atoms with van der Waals surface area (Å²) in [5, 5.41) is 4.11. The van der Waals surface area contributed by atoms with Gasteiger partial charge < -0.3 is 18.9 Å². The van der Waals surface area contributed by atoms with Gasteiger partial charge in [-0.2, -0.15) is 0 Å². The van der Waals surface area contributed by atoms with Crippen LogP contribution >= 0.6 is 0 Å². The van der Waals surface area contributed by atoms with Crippen molar-refractivity contribution in [2.75, 3.05) is 13.2 Å². The average molecular weight is 410 g/mol. The number of carbonyl (C=O) groups excluding carboxylic acids is 2. The molecule has 0 bridgehead atoms. The molecule has 0 aliphatic carbocycles. The third kappa shape index (κ3) is 4.03. The molecular weight excluding hydrogens is 391 g/mol. The zero-order valence-electron chi connectivity index (χ0n) is 16.3. The summed E-state index contributed by atoms with van der Waals surface area (Å²) in [7, 11) is 0. The third-order valence-electron chi connectivity index (χ3n) is 4.80. The lowest BCUT2D eigenvalue weighted by atomic mass is 10.00. The number of ether oxygens (including phenoxy) is 2. The summed E-state index contributed by atoms with van der Waals surface area (Å²) in [4.78, 5) is 25.9. The standard InChI is InChI=1S/C22H19FN2O5/c1-2-28-22(27)29-17-9-5-15(6-10-17)21(26)25-12-11-18-19(13-25)24-30-20(18)14-3-7-16(23)8-4-14/h3-10H,2,11-13H2,1H3. The number of aromatic nitrogens is 1. The van der Waals surface area contributed by atoms with Crippen LogP contribution in [0.15, 0.2) is 53.1 Å². The molecule has 1 amide bonds. The third-order valence-corrected chi connectivity index (χ3v) is 4.80. The number of rotatable bonds is 4. The van der Waals surface area contributed by atoms with Gasteiger partial charge in [-0.05, 0) is 61.9 Å². The van der Waals surface area contributed by atoms with Gasteiger partial charge in [0.15, 0.2) is 5.76 Å². The summed E-state index contributed by atoms with van der Waals surface area (Å²) in [6, 6.07) is 12.3. The Morgan fingerprint density at radius 2 is 1.87 bits per heavy atom. The Morgan fingerprint density at radius 3 is 2.57 bits per heavy atom. The maximum atomic E-state index is 13.2. The summed E-state index contributed by atoms with van der Waals surface area (Å²) in [5.41, 5.74) is 2.85. The van der Waals surface area contributed by atoms with Crippen LogP contribution in [-0.2, 0) is 17.7 Å². The number of hydrogen-bond acceptors (Lipinski definition) is 6. The minimum atomic E-state index is -0.789. The fraction of sp³-hybridized carbons (Fsp3) is 0.227. The first-order valence-corrected chi connectivity index (χ1v) is 9.52. The van der Waals surface area contributed by atoms with Crippen molar-refractivity contribution in [3.63, 3.8) is 0 Å². The lowest BCUT2D eigenvalue weighted by molar-refractivity contribution is 0.0731. The predicted molar refractivity (Wildman–Crippen MR) is 104 cm³/mol. The molecule has 1 aliphatic heterocycles. The van der Waals surface area contributed by atoms with Crippen LogP contribution in [0.2, 0.25) is 0 Å². The SMILES string of the molecule is CCOC(=O)Oc1ccc(C(=O)N2CCc3c(noc3-c3ccc(F)cc3)C2)cc1. The Bertz CT molecular complexity index is 1060. The zero-order valence-corrected chi connectivity index (χ0v) is 16.3. The molecule has 0 saturated carbocycles. The predicted octanol–water partition coefficient (Wildman–Crippen LogP) is 4.21. The molecule has 0 radical (unpaired) electrons. The van der Waals surface area contributed by atoms with E-state index in [-0.39, 0.29) is 18.3 Å². The van der Waals surface area contributed by atoms with Gasteiger partial charge in [-0.15, -0.1) is 0 Å². The highest BCUT2D eigenvalue weighted by atomic mass is 19.1. The molecule has 2 heterocycles. The summed E-state index contributed by atoms with van der Waals surface area (Å²) in [5.74, 6) is 0.432. The fourth-order valence-electron chi connectivity index (χ4n) is 3.32. The van der Waals surface area contributed by atoms with Gasteiger partial charge in [0.2, 0.25) is 0 Å². The zero-order chi connectivity index (χ0) is 21.1. The highest BCUT2D eigenvalue weighted by Crippen LogP contribution is 2.31. The largest absolute Gasteiger partial charge is 0.513 e. The van der Waals surface area contributed by atoms with E-state index in [1.54, 1.807) is 48.2 Å². The molecule has 1 aliphatic rings. The van der Waals surface area contributed by atoms with Crippen molar-refractivity contribution in [1.82, 2.24) is 10.1 Å². The molecule has 0 atom stereocenters. The molecule has 0 N–H and O–H groups in total. The highest BCUT2D eigenvalue weighted by Gasteiger charge is 2.27. The topological polar surface area (TPSA) is 81.9 Å². The Balaban J connectivity index is 1.45. The summed E-state index contributed by atoms with van der Waals surface area (Å²) in [6.07, 6.45) is -0.204. The lowest BCUT2D eigenvalue weighted by Crippen LogP contribution is -2.35. The summed E-state index contributed by atoms with van der Waals surface area (Å²) in [6.45, 7) is 2.73. The second-order valence-electron chi connectivity index (χ2n) is 6.73. The number of hydrogen-bond donors (Lipinski definition) is 0. The number of benzene rings is 2. The van der Waals surface area contributed by atoms with Crippen molar-refractivity contribution in [1.29, 1.82) is 0 Å². The molecule has 0 fully saturated rings. The van der Waals surface area contributed by atoms with E-state index in [2.05, 4.69) is 5.16 Å². The molecule has 8 heteroatoms. The highest BCUT2D eigenvalue weighted by molar-refractivity contribution is 5.94. The van der Waals surface area contributed by atoms with Crippen molar-refractivity contribution in [2.24, 2.45) is 0 Å². The second kappa shape index (κ2) is 8.36. The van der Waals surface area contributed by atoms with E-state index in [1.165, 1.54) is 12.1 Å². The van der Waals surface area contributed by atoms with Crippen molar-refractivity contribution in [2.45, 2.75) is 19.9 Å². The molecule has 0 saturated heterocycles. The van der Waals surface area contributed by atoms with Crippen LogP contribution in [0.25, 0.3) is 11.3 Å². The minimum absolute atomic E-state index is 0.158. The normalized spacial score (nSPS) is 12.9. The van der Waals surface area contributed by atoms with E-state index in [9.17, 15) is 14.0 Å². The number of nitrogens with zero attached hydrogens (tertiary/aromatic N) is 2. The van der Waals surface area contributed by atoms with Crippen molar-refractivity contribution in [3.8, 4) is 17.1 Å². The Labute approximate surface area is 172 Å². The van der Waals surface area contributed by atoms with Crippen LogP contribution < -0.4 is 4.74 Å². The van der Waals surface area contributed by atoms with Gasteiger partial charge in [-0.1, -0.05) is 5.16 Å². The average Bonchev–Trinajstić information content (AvgIpc) is 3.18. The first-order chi connectivity index (χ1) is 14.5. The Morgan fingerprint density at radius 1 is 1.13 bits per heavy atom. The van der Waals surface area contributed by atoms with E-state index in [0.717, 1.165) is 11.1 Å². The van der Waals surface area contributed by atoms with Crippen LogP contribution in [0.3, 0.4) is 0 Å². The lowest BCUT2D eigenvalue weighted by Gasteiger charge is -2.26. The van der Waals surface area contributed by atoms with Crippen molar-refractivity contribution >= 4 is 12.1 Å². The smallest absolute Gasteiger partial charge is 0.434 e. The van der Waals surface area contributed by atoms with Crippen LogP contribution in [-0.4, -0.2) is 35.3 Å². The number of carbonyl (C=O) groups is 2. The van der Waals surface area contributed by atoms with Crippen LogP contribution in [0, 0.1) is 5.82 Å². The van der Waals surface area contributed by atoms with Gasteiger partial charge in [0.25, 0.3) is 5.91 Å². The van der Waals surface area contributed by atoms with Crippen LogP contribution in [0.4, 0.5) is 9.18 Å². The minimum Gasteiger partial charge on any atom is -0.434 e. The first-order valence-electron chi connectivity index (χ1n) is 9.52. The summed E-state index contributed by atoms with van der Waals surface area (Å²) >= 11 is 0. The van der Waals surface area contributed by atoms with Gasteiger partial charge in [0.1, 0.15) is 17.3 Å². The molecule has 0 unspecified atom stereocenters. The first kappa shape index (κ1) is 19.6. The molecule has 2 aromatic carbocycles. The second-order valence-corrected chi connectivity index (χ2v) is 6.73. The van der Waals surface area contributed by atoms with E-state index < -0.39 is 6.16 Å². The maximum absolute atomic E-state index is 13.2. The molecule has 1 aromatic heterocycles. The maximum Gasteiger partial charge on any atom is 0.513 e. The molecule has 30 heavy (non-hydrogen) atoms. The van der Waals surface area contributed by atoms with Gasteiger partial charge >= 0.3 is 6.16 Å².